The van der Waals surface area contributed by atoms with Crippen molar-refractivity contribution in [3.8, 4) is 0 Å². The molecule has 1 fully saturated rings. The molecule has 1 aliphatic rings. The van der Waals surface area contributed by atoms with Crippen molar-refractivity contribution >= 4 is 21.6 Å². The molecule has 1 saturated heterocycles. The van der Waals surface area contributed by atoms with Crippen molar-refractivity contribution in [2.24, 2.45) is 0 Å². The summed E-state index contributed by atoms with van der Waals surface area (Å²) >= 11 is 0. The van der Waals surface area contributed by atoms with E-state index in [0.717, 1.165) is 5.69 Å². The van der Waals surface area contributed by atoms with Crippen LogP contribution >= 0.6 is 0 Å². The van der Waals surface area contributed by atoms with Crippen LogP contribution in [0.1, 0.15) is 36.7 Å². The molecule has 0 N–H and O–H groups in total. The van der Waals surface area contributed by atoms with Crippen molar-refractivity contribution in [1.29, 1.82) is 0 Å². The molecule has 1 heterocycles. The van der Waals surface area contributed by atoms with Gasteiger partial charge in [0.2, 0.25) is 10.0 Å². The highest BCUT2D eigenvalue weighted by atomic mass is 32.2. The summed E-state index contributed by atoms with van der Waals surface area (Å²) in [7, 11) is -1.96. The fourth-order valence-electron chi connectivity index (χ4n) is 3.22. The standard InChI is InChI=1S/C22H28N2O4S/c1-22(2,3)18-8-10-19(11-9-18)23(4)21(25)17-6-5-7-20(16-17)29(26,27)24-12-14-28-15-13-24/h5-11,16H,12-15H2,1-4H3. The highest BCUT2D eigenvalue weighted by Crippen LogP contribution is 2.26. The summed E-state index contributed by atoms with van der Waals surface area (Å²) in [6.45, 7) is 7.81. The topological polar surface area (TPSA) is 66.9 Å². The van der Waals surface area contributed by atoms with Crippen LogP contribution in [0, 0.1) is 0 Å². The quantitative estimate of drug-likeness (QED) is 0.767. The van der Waals surface area contributed by atoms with Gasteiger partial charge in [-0.1, -0.05) is 39.0 Å². The summed E-state index contributed by atoms with van der Waals surface area (Å²) in [4.78, 5) is 14.6. The molecule has 0 unspecified atom stereocenters. The Labute approximate surface area is 173 Å². The van der Waals surface area contributed by atoms with E-state index >= 15 is 0 Å². The number of benzene rings is 2. The Morgan fingerprint density at radius 1 is 1.03 bits per heavy atom. The summed E-state index contributed by atoms with van der Waals surface area (Å²) in [5.41, 5.74) is 2.30. The van der Waals surface area contributed by atoms with Gasteiger partial charge in [0, 0.05) is 31.4 Å². The lowest BCUT2D eigenvalue weighted by molar-refractivity contribution is 0.0730. The van der Waals surface area contributed by atoms with Crippen molar-refractivity contribution in [2.75, 3.05) is 38.3 Å². The zero-order valence-corrected chi connectivity index (χ0v) is 18.2. The van der Waals surface area contributed by atoms with Gasteiger partial charge < -0.3 is 9.64 Å². The summed E-state index contributed by atoms with van der Waals surface area (Å²) in [6, 6.07) is 14.1. The van der Waals surface area contributed by atoms with E-state index in [2.05, 4.69) is 20.8 Å². The van der Waals surface area contributed by atoms with E-state index in [4.69, 9.17) is 4.74 Å². The maximum absolute atomic E-state index is 13.0. The number of morpholine rings is 1. The highest BCUT2D eigenvalue weighted by Gasteiger charge is 2.27. The van der Waals surface area contributed by atoms with Crippen molar-refractivity contribution in [3.05, 3.63) is 59.7 Å². The third-order valence-electron chi connectivity index (χ3n) is 5.11. The Morgan fingerprint density at radius 2 is 1.66 bits per heavy atom. The van der Waals surface area contributed by atoms with Gasteiger partial charge >= 0.3 is 0 Å². The number of amides is 1. The second kappa shape index (κ2) is 8.26. The molecule has 0 bridgehead atoms. The molecule has 2 aromatic rings. The van der Waals surface area contributed by atoms with Crippen molar-refractivity contribution in [1.82, 2.24) is 4.31 Å². The van der Waals surface area contributed by atoms with Gasteiger partial charge in [0.25, 0.3) is 5.91 Å². The number of nitrogens with zero attached hydrogens (tertiary/aromatic N) is 2. The van der Waals surface area contributed by atoms with E-state index in [0.29, 0.717) is 31.9 Å². The highest BCUT2D eigenvalue weighted by molar-refractivity contribution is 7.89. The van der Waals surface area contributed by atoms with Crippen LogP contribution in [0.5, 0.6) is 0 Å². The lowest BCUT2D eigenvalue weighted by atomic mass is 9.87. The summed E-state index contributed by atoms with van der Waals surface area (Å²) in [5, 5.41) is 0. The average Bonchev–Trinajstić information content (AvgIpc) is 2.73. The van der Waals surface area contributed by atoms with Crippen molar-refractivity contribution < 1.29 is 17.9 Å². The first kappa shape index (κ1) is 21.5. The Balaban J connectivity index is 1.83. The molecule has 1 amide bonds. The van der Waals surface area contributed by atoms with E-state index in [1.807, 2.05) is 24.3 Å². The van der Waals surface area contributed by atoms with Gasteiger partial charge in [-0.3, -0.25) is 4.79 Å². The third-order valence-corrected chi connectivity index (χ3v) is 7.01. The summed E-state index contributed by atoms with van der Waals surface area (Å²) < 4.78 is 32.4. The zero-order valence-electron chi connectivity index (χ0n) is 17.4. The van der Waals surface area contributed by atoms with Gasteiger partial charge in [-0.05, 0) is 41.3 Å². The normalized spacial score (nSPS) is 15.9. The minimum absolute atomic E-state index is 0.0310. The predicted octanol–water partition coefficient (Wildman–Crippen LogP) is 3.28. The molecule has 29 heavy (non-hydrogen) atoms. The Kier molecular flexibility index (Phi) is 6.12. The van der Waals surface area contributed by atoms with E-state index in [1.54, 1.807) is 19.2 Å². The number of rotatable bonds is 4. The van der Waals surface area contributed by atoms with Crippen LogP contribution in [0.2, 0.25) is 0 Å². The fourth-order valence-corrected chi connectivity index (χ4v) is 4.68. The molecule has 0 aromatic heterocycles. The molecular formula is C22H28N2O4S. The number of ether oxygens (including phenoxy) is 1. The van der Waals surface area contributed by atoms with E-state index in [-0.39, 0.29) is 16.2 Å². The molecule has 0 aliphatic carbocycles. The summed E-state index contributed by atoms with van der Waals surface area (Å²) in [6.07, 6.45) is 0. The van der Waals surface area contributed by atoms with Crippen LogP contribution in [-0.4, -0.2) is 52.0 Å². The number of hydrogen-bond donors (Lipinski definition) is 0. The van der Waals surface area contributed by atoms with Crippen molar-refractivity contribution in [3.63, 3.8) is 0 Å². The average molecular weight is 417 g/mol. The Hall–Kier alpha value is -2.22. The molecule has 1 aliphatic heterocycles. The van der Waals surface area contributed by atoms with Crippen LogP contribution in [0.3, 0.4) is 0 Å². The second-order valence-corrected chi connectivity index (χ2v) is 10.1. The number of carbonyl (C=O) groups is 1. The minimum atomic E-state index is -3.65. The molecule has 0 atom stereocenters. The predicted molar refractivity (Wildman–Crippen MR) is 114 cm³/mol. The van der Waals surface area contributed by atoms with Crippen LogP contribution in [0.25, 0.3) is 0 Å². The molecule has 7 heteroatoms. The van der Waals surface area contributed by atoms with E-state index in [9.17, 15) is 13.2 Å². The summed E-state index contributed by atoms with van der Waals surface area (Å²) in [5.74, 6) is -0.257. The van der Waals surface area contributed by atoms with Gasteiger partial charge in [0.1, 0.15) is 0 Å². The minimum Gasteiger partial charge on any atom is -0.379 e. The Morgan fingerprint density at radius 3 is 2.24 bits per heavy atom. The lowest BCUT2D eigenvalue weighted by Crippen LogP contribution is -2.40. The first-order valence-electron chi connectivity index (χ1n) is 9.67. The van der Waals surface area contributed by atoms with Crippen LogP contribution in [0.4, 0.5) is 5.69 Å². The number of sulfonamides is 1. The molecule has 0 saturated carbocycles. The molecule has 156 valence electrons. The number of carbonyl (C=O) groups excluding carboxylic acids is 1. The van der Waals surface area contributed by atoms with Crippen LogP contribution in [-0.2, 0) is 20.2 Å². The first-order valence-corrected chi connectivity index (χ1v) is 11.1. The van der Waals surface area contributed by atoms with Gasteiger partial charge in [-0.2, -0.15) is 4.31 Å². The smallest absolute Gasteiger partial charge is 0.258 e. The Bertz CT molecular complexity index is 973. The number of hydrogen-bond acceptors (Lipinski definition) is 4. The molecule has 0 radical (unpaired) electrons. The molecular weight excluding hydrogens is 388 g/mol. The molecule has 3 rings (SSSR count). The molecule has 0 spiro atoms. The van der Waals surface area contributed by atoms with Gasteiger partial charge in [-0.15, -0.1) is 0 Å². The van der Waals surface area contributed by atoms with Crippen LogP contribution in [0.15, 0.2) is 53.4 Å². The SMILES string of the molecule is CN(C(=O)c1cccc(S(=O)(=O)N2CCOCC2)c1)c1ccc(C(C)(C)C)cc1. The van der Waals surface area contributed by atoms with E-state index < -0.39 is 10.0 Å². The van der Waals surface area contributed by atoms with Gasteiger partial charge in [-0.25, -0.2) is 8.42 Å². The van der Waals surface area contributed by atoms with E-state index in [1.165, 1.54) is 26.9 Å². The second-order valence-electron chi connectivity index (χ2n) is 8.21. The number of anilines is 1. The monoisotopic (exact) mass is 416 g/mol. The van der Waals surface area contributed by atoms with Crippen molar-refractivity contribution in [2.45, 2.75) is 31.1 Å². The van der Waals surface area contributed by atoms with Gasteiger partial charge in [0.15, 0.2) is 0 Å². The zero-order chi connectivity index (χ0) is 21.2. The maximum Gasteiger partial charge on any atom is 0.258 e. The lowest BCUT2D eigenvalue weighted by Gasteiger charge is -2.26. The third kappa shape index (κ3) is 4.69. The van der Waals surface area contributed by atoms with Crippen LogP contribution < -0.4 is 4.90 Å². The maximum atomic E-state index is 13.0. The first-order chi connectivity index (χ1) is 13.6. The molecule has 2 aromatic carbocycles. The largest absolute Gasteiger partial charge is 0.379 e. The molecule has 6 nitrogen and oxygen atoms in total. The fraction of sp³-hybridized carbons (Fsp3) is 0.409. The van der Waals surface area contributed by atoms with Gasteiger partial charge in [0.05, 0.1) is 18.1 Å².